The summed E-state index contributed by atoms with van der Waals surface area (Å²) in [5, 5.41) is 6.16. The van der Waals surface area contributed by atoms with Gasteiger partial charge in [-0.15, -0.1) is 0 Å². The Hall–Kier alpha value is -1.51. The van der Waals surface area contributed by atoms with Crippen LogP contribution in [0.15, 0.2) is 24.3 Å². The maximum Gasteiger partial charge on any atom is 0.225 e. The van der Waals surface area contributed by atoms with E-state index in [1.165, 1.54) is 5.56 Å². The Bertz CT molecular complexity index is 362. The zero-order valence-corrected chi connectivity index (χ0v) is 8.92. The standard InChI is InChI=1S/C12H16N2O/c1-2-13-12(15)10-7-9-5-3-4-6-11(9)14-8-10/h3-6,10,14H,2,7-8H2,1H3,(H,13,15). The van der Waals surface area contributed by atoms with Crippen molar-refractivity contribution in [1.82, 2.24) is 5.32 Å². The molecule has 0 saturated carbocycles. The van der Waals surface area contributed by atoms with Crippen LogP contribution in [0.2, 0.25) is 0 Å². The number of hydrogen-bond acceptors (Lipinski definition) is 2. The fourth-order valence-electron chi connectivity index (χ4n) is 1.95. The van der Waals surface area contributed by atoms with Crippen molar-refractivity contribution in [3.8, 4) is 0 Å². The van der Waals surface area contributed by atoms with Gasteiger partial charge < -0.3 is 10.6 Å². The number of amides is 1. The van der Waals surface area contributed by atoms with E-state index >= 15 is 0 Å². The molecule has 80 valence electrons. The minimum absolute atomic E-state index is 0.0693. The van der Waals surface area contributed by atoms with Crippen LogP contribution in [0.25, 0.3) is 0 Å². The van der Waals surface area contributed by atoms with E-state index in [-0.39, 0.29) is 11.8 Å². The lowest BCUT2D eigenvalue weighted by Gasteiger charge is -2.25. The average molecular weight is 204 g/mol. The van der Waals surface area contributed by atoms with E-state index in [2.05, 4.69) is 22.8 Å². The van der Waals surface area contributed by atoms with Crippen LogP contribution in [0, 0.1) is 5.92 Å². The molecule has 2 N–H and O–H groups in total. The van der Waals surface area contributed by atoms with Crippen molar-refractivity contribution in [3.63, 3.8) is 0 Å². The molecule has 1 aromatic carbocycles. The summed E-state index contributed by atoms with van der Waals surface area (Å²) >= 11 is 0. The molecule has 0 fully saturated rings. The average Bonchev–Trinajstić information content (AvgIpc) is 2.29. The third kappa shape index (κ3) is 2.12. The van der Waals surface area contributed by atoms with Gasteiger partial charge in [0, 0.05) is 18.8 Å². The molecule has 0 aromatic heterocycles. The highest BCUT2D eigenvalue weighted by molar-refractivity contribution is 5.80. The Morgan fingerprint density at radius 1 is 1.53 bits per heavy atom. The molecule has 1 heterocycles. The highest BCUT2D eigenvalue weighted by Crippen LogP contribution is 2.24. The highest BCUT2D eigenvalue weighted by atomic mass is 16.1. The molecule has 1 aromatic rings. The molecule has 1 aliphatic heterocycles. The Morgan fingerprint density at radius 3 is 3.13 bits per heavy atom. The first kappa shape index (κ1) is 10.0. The monoisotopic (exact) mass is 204 g/mol. The number of hydrogen-bond donors (Lipinski definition) is 2. The fraction of sp³-hybridized carbons (Fsp3) is 0.417. The molecule has 2 rings (SSSR count). The minimum atomic E-state index is 0.0693. The zero-order chi connectivity index (χ0) is 10.7. The molecule has 1 atom stereocenters. The summed E-state index contributed by atoms with van der Waals surface area (Å²) < 4.78 is 0. The lowest BCUT2D eigenvalue weighted by atomic mass is 9.93. The van der Waals surface area contributed by atoms with Crippen molar-refractivity contribution < 1.29 is 4.79 Å². The summed E-state index contributed by atoms with van der Waals surface area (Å²) in [6, 6.07) is 8.16. The largest absolute Gasteiger partial charge is 0.384 e. The van der Waals surface area contributed by atoms with Gasteiger partial charge >= 0.3 is 0 Å². The number of anilines is 1. The van der Waals surface area contributed by atoms with Crippen LogP contribution < -0.4 is 10.6 Å². The zero-order valence-electron chi connectivity index (χ0n) is 8.92. The van der Waals surface area contributed by atoms with E-state index in [0.717, 1.165) is 18.7 Å². The first-order valence-electron chi connectivity index (χ1n) is 5.40. The second kappa shape index (κ2) is 4.34. The molecule has 1 unspecified atom stereocenters. The van der Waals surface area contributed by atoms with Gasteiger partial charge in [0.05, 0.1) is 5.92 Å². The Kier molecular flexibility index (Phi) is 2.90. The molecule has 0 saturated heterocycles. The number of para-hydroxylation sites is 1. The maximum atomic E-state index is 11.7. The van der Waals surface area contributed by atoms with Gasteiger partial charge in [0.25, 0.3) is 0 Å². The van der Waals surface area contributed by atoms with Crippen LogP contribution in [-0.2, 0) is 11.2 Å². The van der Waals surface area contributed by atoms with Gasteiger partial charge in [0.15, 0.2) is 0 Å². The molecular weight excluding hydrogens is 188 g/mol. The second-order valence-corrected chi connectivity index (χ2v) is 3.83. The number of fused-ring (bicyclic) bond motifs is 1. The van der Waals surface area contributed by atoms with Gasteiger partial charge in [-0.1, -0.05) is 18.2 Å². The number of rotatable bonds is 2. The SMILES string of the molecule is CCNC(=O)C1CNc2ccccc2C1. The van der Waals surface area contributed by atoms with Gasteiger partial charge in [-0.2, -0.15) is 0 Å². The lowest BCUT2D eigenvalue weighted by molar-refractivity contribution is -0.124. The fourth-order valence-corrected chi connectivity index (χ4v) is 1.95. The van der Waals surface area contributed by atoms with Crippen molar-refractivity contribution in [2.24, 2.45) is 5.92 Å². The second-order valence-electron chi connectivity index (χ2n) is 3.83. The number of carbonyl (C=O) groups is 1. The molecule has 1 aliphatic rings. The Balaban J connectivity index is 2.08. The highest BCUT2D eigenvalue weighted by Gasteiger charge is 2.23. The molecule has 15 heavy (non-hydrogen) atoms. The topological polar surface area (TPSA) is 41.1 Å². The molecular formula is C12H16N2O. The minimum Gasteiger partial charge on any atom is -0.384 e. The summed E-state index contributed by atoms with van der Waals surface area (Å²) in [5.41, 5.74) is 2.40. The molecule has 0 bridgehead atoms. The quantitative estimate of drug-likeness (QED) is 0.764. The summed E-state index contributed by atoms with van der Waals surface area (Å²) in [6.07, 6.45) is 0.842. The van der Waals surface area contributed by atoms with E-state index in [1.807, 2.05) is 19.1 Å². The number of benzene rings is 1. The molecule has 3 heteroatoms. The summed E-state index contributed by atoms with van der Waals surface area (Å²) in [4.78, 5) is 11.7. The van der Waals surface area contributed by atoms with Gasteiger partial charge in [0.2, 0.25) is 5.91 Å². The third-order valence-corrected chi connectivity index (χ3v) is 2.74. The predicted octanol–water partition coefficient (Wildman–Crippen LogP) is 1.41. The smallest absolute Gasteiger partial charge is 0.225 e. The van der Waals surface area contributed by atoms with Crippen molar-refractivity contribution in [3.05, 3.63) is 29.8 Å². The summed E-state index contributed by atoms with van der Waals surface area (Å²) in [7, 11) is 0. The van der Waals surface area contributed by atoms with E-state index in [1.54, 1.807) is 0 Å². The molecule has 0 aliphatic carbocycles. The van der Waals surface area contributed by atoms with Crippen LogP contribution in [0.1, 0.15) is 12.5 Å². The van der Waals surface area contributed by atoms with Crippen molar-refractivity contribution in [1.29, 1.82) is 0 Å². The van der Waals surface area contributed by atoms with E-state index in [4.69, 9.17) is 0 Å². The first-order valence-corrected chi connectivity index (χ1v) is 5.40. The third-order valence-electron chi connectivity index (χ3n) is 2.74. The van der Waals surface area contributed by atoms with E-state index in [0.29, 0.717) is 6.54 Å². The summed E-state index contributed by atoms with van der Waals surface area (Å²) in [6.45, 7) is 3.39. The molecule has 0 spiro atoms. The first-order chi connectivity index (χ1) is 7.31. The molecule has 1 amide bonds. The number of carbonyl (C=O) groups excluding carboxylic acids is 1. The van der Waals surface area contributed by atoms with Crippen molar-refractivity contribution in [2.75, 3.05) is 18.4 Å². The molecule has 0 radical (unpaired) electrons. The van der Waals surface area contributed by atoms with Crippen molar-refractivity contribution >= 4 is 11.6 Å². The van der Waals surface area contributed by atoms with Crippen molar-refractivity contribution in [2.45, 2.75) is 13.3 Å². The van der Waals surface area contributed by atoms with Crippen LogP contribution in [0.5, 0.6) is 0 Å². The Labute approximate surface area is 89.9 Å². The van der Waals surface area contributed by atoms with Crippen LogP contribution in [0.4, 0.5) is 5.69 Å². The molecule has 3 nitrogen and oxygen atoms in total. The van der Waals surface area contributed by atoms with Gasteiger partial charge in [-0.05, 0) is 25.0 Å². The summed E-state index contributed by atoms with van der Waals surface area (Å²) in [5.74, 6) is 0.222. The van der Waals surface area contributed by atoms with Crippen LogP contribution in [0.3, 0.4) is 0 Å². The predicted molar refractivity (Wildman–Crippen MR) is 60.8 cm³/mol. The van der Waals surface area contributed by atoms with Crippen LogP contribution in [-0.4, -0.2) is 19.0 Å². The number of nitrogens with one attached hydrogen (secondary N) is 2. The van der Waals surface area contributed by atoms with E-state index < -0.39 is 0 Å². The van der Waals surface area contributed by atoms with Gasteiger partial charge in [0.1, 0.15) is 0 Å². The van der Waals surface area contributed by atoms with Crippen LogP contribution >= 0.6 is 0 Å². The maximum absolute atomic E-state index is 11.7. The lowest BCUT2D eigenvalue weighted by Crippen LogP contribution is -2.37. The normalized spacial score (nSPS) is 18.9. The van der Waals surface area contributed by atoms with Gasteiger partial charge in [-0.3, -0.25) is 4.79 Å². The van der Waals surface area contributed by atoms with Gasteiger partial charge in [-0.25, -0.2) is 0 Å². The van der Waals surface area contributed by atoms with E-state index in [9.17, 15) is 4.79 Å². The Morgan fingerprint density at radius 2 is 2.33 bits per heavy atom.